The van der Waals surface area contributed by atoms with E-state index < -0.39 is 20.7 Å². The van der Waals surface area contributed by atoms with E-state index in [1.807, 2.05) is 12.1 Å². The molecule has 1 aromatic heterocycles. The molecule has 9 heteroatoms. The number of halogens is 1. The van der Waals surface area contributed by atoms with E-state index in [9.17, 15) is 18.5 Å². The standard InChI is InChI=1S/C12H11BrN2O4S2/c13-12-6-5-10(20-12)7-14-21(18,19)8-9-3-1-2-4-11(9)15(16)17/h1-6,14H,7-8H2. The van der Waals surface area contributed by atoms with Crippen molar-refractivity contribution in [2.75, 3.05) is 0 Å². The van der Waals surface area contributed by atoms with Gasteiger partial charge in [0, 0.05) is 23.1 Å². The summed E-state index contributed by atoms with van der Waals surface area (Å²) < 4.78 is 27.4. The maximum atomic E-state index is 12.0. The van der Waals surface area contributed by atoms with Gasteiger partial charge in [0.2, 0.25) is 10.0 Å². The SMILES string of the molecule is O=[N+]([O-])c1ccccc1CS(=O)(=O)NCc1ccc(Br)s1. The summed E-state index contributed by atoms with van der Waals surface area (Å²) in [4.78, 5) is 11.1. The van der Waals surface area contributed by atoms with Crippen molar-refractivity contribution < 1.29 is 13.3 Å². The van der Waals surface area contributed by atoms with E-state index in [4.69, 9.17) is 0 Å². The van der Waals surface area contributed by atoms with Gasteiger partial charge in [-0.25, -0.2) is 13.1 Å². The third-order valence-corrected chi connectivity index (χ3v) is 5.53. The molecule has 2 rings (SSSR count). The highest BCUT2D eigenvalue weighted by atomic mass is 79.9. The van der Waals surface area contributed by atoms with Gasteiger partial charge in [0.25, 0.3) is 5.69 Å². The van der Waals surface area contributed by atoms with E-state index in [-0.39, 0.29) is 17.8 Å². The predicted octanol–water partition coefficient (Wildman–Crippen LogP) is 3.04. The molecule has 0 spiro atoms. The highest BCUT2D eigenvalue weighted by Gasteiger charge is 2.19. The third-order valence-electron chi connectivity index (χ3n) is 2.63. The minimum absolute atomic E-state index is 0.166. The Morgan fingerprint density at radius 2 is 1.95 bits per heavy atom. The number of nitro groups is 1. The third kappa shape index (κ3) is 4.60. The predicted molar refractivity (Wildman–Crippen MR) is 84.6 cm³/mol. The van der Waals surface area contributed by atoms with Gasteiger partial charge in [-0.1, -0.05) is 18.2 Å². The largest absolute Gasteiger partial charge is 0.273 e. The summed E-state index contributed by atoms with van der Waals surface area (Å²) in [5.74, 6) is -0.420. The van der Waals surface area contributed by atoms with Crippen LogP contribution in [0.25, 0.3) is 0 Å². The van der Waals surface area contributed by atoms with E-state index in [0.29, 0.717) is 0 Å². The minimum atomic E-state index is -3.64. The monoisotopic (exact) mass is 390 g/mol. The summed E-state index contributed by atoms with van der Waals surface area (Å²) in [6.07, 6.45) is 0. The lowest BCUT2D eigenvalue weighted by Gasteiger charge is -2.06. The van der Waals surface area contributed by atoms with Crippen LogP contribution >= 0.6 is 27.3 Å². The molecule has 0 aliphatic carbocycles. The van der Waals surface area contributed by atoms with Crippen molar-refractivity contribution in [3.8, 4) is 0 Å². The van der Waals surface area contributed by atoms with Crippen LogP contribution in [0, 0.1) is 10.1 Å². The van der Waals surface area contributed by atoms with Crippen LogP contribution in [0.2, 0.25) is 0 Å². The van der Waals surface area contributed by atoms with Crippen molar-refractivity contribution in [2.45, 2.75) is 12.3 Å². The van der Waals surface area contributed by atoms with Gasteiger partial charge in [-0.05, 0) is 28.1 Å². The number of thiophene rings is 1. The van der Waals surface area contributed by atoms with Crippen LogP contribution in [0.1, 0.15) is 10.4 Å². The Morgan fingerprint density at radius 1 is 1.24 bits per heavy atom. The number of nitro benzene ring substituents is 1. The molecule has 21 heavy (non-hydrogen) atoms. The van der Waals surface area contributed by atoms with Gasteiger partial charge >= 0.3 is 0 Å². The molecule has 0 saturated carbocycles. The van der Waals surface area contributed by atoms with Crippen molar-refractivity contribution in [2.24, 2.45) is 0 Å². The number of benzene rings is 1. The quantitative estimate of drug-likeness (QED) is 0.606. The first-order valence-electron chi connectivity index (χ1n) is 5.81. The zero-order chi connectivity index (χ0) is 15.5. The lowest BCUT2D eigenvalue weighted by molar-refractivity contribution is -0.385. The Kier molecular flexibility index (Phi) is 5.09. The summed E-state index contributed by atoms with van der Waals surface area (Å²) in [5, 5.41) is 10.9. The summed E-state index contributed by atoms with van der Waals surface area (Å²) in [6.45, 7) is 0.166. The van der Waals surface area contributed by atoms with Crippen molar-refractivity contribution in [1.82, 2.24) is 4.72 Å². The van der Waals surface area contributed by atoms with Gasteiger partial charge in [-0.15, -0.1) is 11.3 Å². The Balaban J connectivity index is 2.09. The van der Waals surface area contributed by atoms with Crippen molar-refractivity contribution in [1.29, 1.82) is 0 Å². The van der Waals surface area contributed by atoms with Crippen LogP contribution in [0.4, 0.5) is 5.69 Å². The van der Waals surface area contributed by atoms with Gasteiger partial charge < -0.3 is 0 Å². The molecule has 2 aromatic rings. The smallest absolute Gasteiger partial charge is 0.258 e. The fourth-order valence-corrected chi connectivity index (χ4v) is 4.34. The van der Waals surface area contributed by atoms with Gasteiger partial charge in [0.1, 0.15) is 0 Å². The molecule has 0 atom stereocenters. The Hall–Kier alpha value is -1.29. The lowest BCUT2D eigenvalue weighted by Crippen LogP contribution is -2.24. The second-order valence-corrected chi connectivity index (χ2v) is 8.53. The molecular formula is C12H11BrN2O4S2. The summed E-state index contributed by atoms with van der Waals surface area (Å²) in [5.41, 5.74) is -0.0240. The number of sulfonamides is 1. The Bertz CT molecular complexity index is 758. The molecule has 0 radical (unpaired) electrons. The summed E-state index contributed by atoms with van der Waals surface area (Å²) >= 11 is 4.72. The van der Waals surface area contributed by atoms with E-state index >= 15 is 0 Å². The molecule has 0 bridgehead atoms. The molecule has 1 aromatic carbocycles. The van der Waals surface area contributed by atoms with Gasteiger partial charge in [0.05, 0.1) is 14.5 Å². The normalized spacial score (nSPS) is 11.5. The van der Waals surface area contributed by atoms with Crippen molar-refractivity contribution in [3.63, 3.8) is 0 Å². The first kappa shape index (κ1) is 16.1. The summed E-state index contributed by atoms with van der Waals surface area (Å²) in [7, 11) is -3.64. The zero-order valence-corrected chi connectivity index (χ0v) is 13.9. The first-order chi connectivity index (χ1) is 9.87. The maximum absolute atomic E-state index is 12.0. The number of hydrogen-bond donors (Lipinski definition) is 1. The number of nitrogens with one attached hydrogen (secondary N) is 1. The van der Waals surface area contributed by atoms with Crippen LogP contribution < -0.4 is 4.72 Å². The highest BCUT2D eigenvalue weighted by molar-refractivity contribution is 9.11. The first-order valence-corrected chi connectivity index (χ1v) is 9.07. The average molecular weight is 391 g/mol. The molecule has 1 heterocycles. The fraction of sp³-hybridized carbons (Fsp3) is 0.167. The average Bonchev–Trinajstić information content (AvgIpc) is 2.82. The second-order valence-electron chi connectivity index (χ2n) is 4.17. The van der Waals surface area contributed by atoms with E-state index in [1.54, 1.807) is 6.07 Å². The minimum Gasteiger partial charge on any atom is -0.258 e. The maximum Gasteiger partial charge on any atom is 0.273 e. The van der Waals surface area contributed by atoms with Gasteiger partial charge in [-0.2, -0.15) is 0 Å². The zero-order valence-electron chi connectivity index (χ0n) is 10.7. The van der Waals surface area contributed by atoms with E-state index in [2.05, 4.69) is 20.7 Å². The lowest BCUT2D eigenvalue weighted by atomic mass is 10.2. The molecule has 1 N–H and O–H groups in total. The molecule has 0 amide bonds. The number of nitrogens with zero attached hydrogens (tertiary/aromatic N) is 1. The number of rotatable bonds is 6. The fourth-order valence-electron chi connectivity index (χ4n) is 1.69. The molecule has 112 valence electrons. The molecule has 0 saturated heterocycles. The topological polar surface area (TPSA) is 89.3 Å². The number of hydrogen-bond acceptors (Lipinski definition) is 5. The Labute approximate surface area is 134 Å². The van der Waals surface area contributed by atoms with Crippen molar-refractivity contribution >= 4 is 43.0 Å². The van der Waals surface area contributed by atoms with Crippen LogP contribution in [0.15, 0.2) is 40.2 Å². The Morgan fingerprint density at radius 3 is 2.57 bits per heavy atom. The molecule has 0 fully saturated rings. The van der Waals surface area contributed by atoms with Gasteiger partial charge in [-0.3, -0.25) is 10.1 Å². The van der Waals surface area contributed by atoms with E-state index in [0.717, 1.165) is 8.66 Å². The second kappa shape index (κ2) is 6.65. The van der Waals surface area contributed by atoms with E-state index in [1.165, 1.54) is 29.5 Å². The molecular weight excluding hydrogens is 380 g/mol. The number of para-hydroxylation sites is 1. The summed E-state index contributed by atoms with van der Waals surface area (Å²) in [6, 6.07) is 9.46. The van der Waals surface area contributed by atoms with Crippen molar-refractivity contribution in [3.05, 3.63) is 60.7 Å². The molecule has 6 nitrogen and oxygen atoms in total. The highest BCUT2D eigenvalue weighted by Crippen LogP contribution is 2.23. The van der Waals surface area contributed by atoms with Crippen LogP contribution in [-0.4, -0.2) is 13.3 Å². The molecule has 0 unspecified atom stereocenters. The molecule has 0 aliphatic rings. The van der Waals surface area contributed by atoms with Crippen LogP contribution in [0.5, 0.6) is 0 Å². The van der Waals surface area contributed by atoms with Gasteiger partial charge in [0.15, 0.2) is 0 Å². The molecule has 0 aliphatic heterocycles. The van der Waals surface area contributed by atoms with Crippen LogP contribution in [0.3, 0.4) is 0 Å². The van der Waals surface area contributed by atoms with Crippen LogP contribution in [-0.2, 0) is 22.3 Å².